The number of allylic oxidation sites excluding steroid dienone is 1. The third-order valence-corrected chi connectivity index (χ3v) is 4.88. The summed E-state index contributed by atoms with van der Waals surface area (Å²) in [6, 6.07) is 4.14. The minimum absolute atomic E-state index is 0.00148. The number of carbonyl (C=O) groups is 1. The van der Waals surface area contributed by atoms with Crippen LogP contribution in [0.5, 0.6) is 0 Å². The molecule has 0 aliphatic heterocycles. The number of aryl methyl sites for hydroxylation is 1. The molecule has 110 valence electrons. The fourth-order valence-corrected chi connectivity index (χ4v) is 2.99. The molecule has 6 heteroatoms. The molecule has 0 aliphatic carbocycles. The van der Waals surface area contributed by atoms with Crippen molar-refractivity contribution in [2.45, 2.75) is 24.7 Å². The van der Waals surface area contributed by atoms with Gasteiger partial charge in [0.1, 0.15) is 0 Å². The zero-order valence-electron chi connectivity index (χ0n) is 11.7. The fourth-order valence-electron chi connectivity index (χ4n) is 1.75. The first-order chi connectivity index (χ1) is 9.30. The Balaban J connectivity index is 3.06. The van der Waals surface area contributed by atoms with E-state index in [9.17, 15) is 13.2 Å². The molecule has 0 unspecified atom stereocenters. The molecule has 1 aromatic carbocycles. The van der Waals surface area contributed by atoms with Gasteiger partial charge >= 0.3 is 5.97 Å². The number of benzene rings is 1. The number of sulfonamides is 1. The lowest BCUT2D eigenvalue weighted by molar-refractivity contribution is 0.0696. The Morgan fingerprint density at radius 2 is 2.10 bits per heavy atom. The van der Waals surface area contributed by atoms with Crippen molar-refractivity contribution in [3.63, 3.8) is 0 Å². The van der Waals surface area contributed by atoms with Crippen LogP contribution in [0.25, 0.3) is 0 Å². The Morgan fingerprint density at radius 1 is 1.45 bits per heavy atom. The number of aromatic carboxylic acids is 1. The van der Waals surface area contributed by atoms with E-state index in [2.05, 4.69) is 6.58 Å². The molecule has 0 aliphatic rings. The van der Waals surface area contributed by atoms with Gasteiger partial charge in [0.25, 0.3) is 0 Å². The van der Waals surface area contributed by atoms with E-state index in [0.717, 1.165) is 6.42 Å². The second-order valence-corrected chi connectivity index (χ2v) is 6.58. The Kier molecular flexibility index (Phi) is 5.47. The average Bonchev–Trinajstić information content (AvgIpc) is 2.38. The first kappa shape index (κ1) is 16.4. The van der Waals surface area contributed by atoms with Crippen LogP contribution in [0.2, 0.25) is 0 Å². The largest absolute Gasteiger partial charge is 0.478 e. The van der Waals surface area contributed by atoms with Crippen molar-refractivity contribution in [1.29, 1.82) is 0 Å². The molecule has 20 heavy (non-hydrogen) atoms. The molecule has 0 atom stereocenters. The van der Waals surface area contributed by atoms with E-state index in [-0.39, 0.29) is 10.5 Å². The predicted molar refractivity (Wildman–Crippen MR) is 77.4 cm³/mol. The van der Waals surface area contributed by atoms with Crippen LogP contribution >= 0.6 is 0 Å². The van der Waals surface area contributed by atoms with Gasteiger partial charge in [-0.25, -0.2) is 17.5 Å². The van der Waals surface area contributed by atoms with E-state index in [4.69, 9.17) is 5.11 Å². The van der Waals surface area contributed by atoms with Crippen LogP contribution in [0.4, 0.5) is 0 Å². The number of nitrogens with zero attached hydrogens (tertiary/aromatic N) is 1. The van der Waals surface area contributed by atoms with Crippen molar-refractivity contribution in [2.75, 3.05) is 13.6 Å². The van der Waals surface area contributed by atoms with Crippen LogP contribution in [-0.2, 0) is 10.0 Å². The predicted octanol–water partition coefficient (Wildman–Crippen LogP) is 2.28. The smallest absolute Gasteiger partial charge is 0.335 e. The van der Waals surface area contributed by atoms with Crippen LogP contribution in [0, 0.1) is 6.92 Å². The van der Waals surface area contributed by atoms with Gasteiger partial charge in [0.2, 0.25) is 10.0 Å². The molecule has 1 aromatic rings. The first-order valence-electron chi connectivity index (χ1n) is 6.22. The summed E-state index contributed by atoms with van der Waals surface area (Å²) in [5.41, 5.74) is 0.538. The molecule has 0 saturated carbocycles. The van der Waals surface area contributed by atoms with Crippen LogP contribution in [-0.4, -0.2) is 37.4 Å². The highest BCUT2D eigenvalue weighted by molar-refractivity contribution is 7.89. The van der Waals surface area contributed by atoms with Gasteiger partial charge < -0.3 is 5.11 Å². The molecule has 5 nitrogen and oxygen atoms in total. The highest BCUT2D eigenvalue weighted by atomic mass is 32.2. The van der Waals surface area contributed by atoms with Gasteiger partial charge in [-0.3, -0.25) is 0 Å². The Bertz CT molecular complexity index is 608. The van der Waals surface area contributed by atoms with Crippen LogP contribution in [0.3, 0.4) is 0 Å². The third-order valence-electron chi connectivity index (χ3n) is 3.03. The standard InChI is InChI=1S/C14H19NO4S/c1-4-5-6-9-15(3)20(18,19)12-8-7-11(2)13(10-12)14(16)17/h4,7-8,10H,1,5-6,9H2,2-3H3,(H,16,17). The molecule has 0 amide bonds. The van der Waals surface area contributed by atoms with Crippen molar-refractivity contribution in [1.82, 2.24) is 4.31 Å². The summed E-state index contributed by atoms with van der Waals surface area (Å²) in [5.74, 6) is -1.13. The van der Waals surface area contributed by atoms with Gasteiger partial charge in [0, 0.05) is 13.6 Å². The van der Waals surface area contributed by atoms with Crippen molar-refractivity contribution < 1.29 is 18.3 Å². The van der Waals surface area contributed by atoms with E-state index >= 15 is 0 Å². The van der Waals surface area contributed by atoms with Crippen molar-refractivity contribution in [2.24, 2.45) is 0 Å². The van der Waals surface area contributed by atoms with Crippen LogP contribution in [0.1, 0.15) is 28.8 Å². The summed E-state index contributed by atoms with van der Waals surface area (Å²) < 4.78 is 25.9. The SMILES string of the molecule is C=CCCCN(C)S(=O)(=O)c1ccc(C)c(C(=O)O)c1. The molecular weight excluding hydrogens is 278 g/mol. The van der Waals surface area contributed by atoms with E-state index < -0.39 is 16.0 Å². The van der Waals surface area contributed by atoms with Gasteiger partial charge in [-0.2, -0.15) is 0 Å². The number of carboxylic acids is 1. The molecule has 0 heterocycles. The summed E-state index contributed by atoms with van der Waals surface area (Å²) in [5, 5.41) is 9.05. The number of unbranched alkanes of at least 4 members (excludes halogenated alkanes) is 1. The highest BCUT2D eigenvalue weighted by Gasteiger charge is 2.22. The van der Waals surface area contributed by atoms with Crippen molar-refractivity contribution in [3.05, 3.63) is 42.0 Å². The van der Waals surface area contributed by atoms with Gasteiger partial charge in [-0.1, -0.05) is 12.1 Å². The molecule has 0 aromatic heterocycles. The summed E-state index contributed by atoms with van der Waals surface area (Å²) in [7, 11) is -2.17. The Morgan fingerprint density at radius 3 is 2.65 bits per heavy atom. The number of rotatable bonds is 7. The zero-order chi connectivity index (χ0) is 15.3. The molecule has 0 saturated heterocycles. The summed E-state index contributed by atoms with van der Waals surface area (Å²) in [6.07, 6.45) is 3.14. The summed E-state index contributed by atoms with van der Waals surface area (Å²) >= 11 is 0. The number of hydrogen-bond acceptors (Lipinski definition) is 3. The normalized spacial score (nSPS) is 11.6. The minimum atomic E-state index is -3.66. The molecular formula is C14H19NO4S. The Hall–Kier alpha value is -1.66. The van der Waals surface area contributed by atoms with E-state index in [1.54, 1.807) is 13.0 Å². The average molecular weight is 297 g/mol. The third kappa shape index (κ3) is 3.68. The van der Waals surface area contributed by atoms with Crippen LogP contribution < -0.4 is 0 Å². The molecule has 0 radical (unpaired) electrons. The van der Waals surface area contributed by atoms with Gasteiger partial charge in [0.15, 0.2) is 0 Å². The van der Waals surface area contributed by atoms with E-state index in [0.29, 0.717) is 18.5 Å². The van der Waals surface area contributed by atoms with Gasteiger partial charge in [-0.05, 0) is 37.5 Å². The summed E-state index contributed by atoms with van der Waals surface area (Å²) in [6.45, 7) is 5.58. The fraction of sp³-hybridized carbons (Fsp3) is 0.357. The van der Waals surface area contributed by atoms with Gasteiger partial charge in [-0.15, -0.1) is 6.58 Å². The maximum atomic E-state index is 12.3. The topological polar surface area (TPSA) is 74.7 Å². The first-order valence-corrected chi connectivity index (χ1v) is 7.66. The lowest BCUT2D eigenvalue weighted by Crippen LogP contribution is -2.28. The summed E-state index contributed by atoms with van der Waals surface area (Å²) in [4.78, 5) is 11.1. The minimum Gasteiger partial charge on any atom is -0.478 e. The van der Waals surface area contributed by atoms with Crippen molar-refractivity contribution >= 4 is 16.0 Å². The van der Waals surface area contributed by atoms with Gasteiger partial charge in [0.05, 0.1) is 10.5 Å². The Labute approximate surface area is 119 Å². The molecule has 1 N–H and O–H groups in total. The second-order valence-electron chi connectivity index (χ2n) is 4.54. The van der Waals surface area contributed by atoms with E-state index in [1.807, 2.05) is 0 Å². The molecule has 0 spiro atoms. The number of carboxylic acid groups (broad SMARTS) is 1. The van der Waals surface area contributed by atoms with Crippen molar-refractivity contribution in [3.8, 4) is 0 Å². The van der Waals surface area contributed by atoms with E-state index in [1.165, 1.54) is 29.6 Å². The quantitative estimate of drug-likeness (QED) is 0.619. The lowest BCUT2D eigenvalue weighted by Gasteiger charge is -2.17. The van der Waals surface area contributed by atoms with Crippen LogP contribution in [0.15, 0.2) is 35.7 Å². The monoisotopic (exact) mass is 297 g/mol. The second kappa shape index (κ2) is 6.67. The maximum absolute atomic E-state index is 12.3. The maximum Gasteiger partial charge on any atom is 0.335 e. The lowest BCUT2D eigenvalue weighted by atomic mass is 10.1. The molecule has 1 rings (SSSR count). The molecule has 0 fully saturated rings. The highest BCUT2D eigenvalue weighted by Crippen LogP contribution is 2.19. The molecule has 0 bridgehead atoms. The number of hydrogen-bond donors (Lipinski definition) is 1. The zero-order valence-corrected chi connectivity index (χ0v) is 12.5.